The lowest BCUT2D eigenvalue weighted by Gasteiger charge is -2.26. The maximum absolute atomic E-state index is 5.97. The summed E-state index contributed by atoms with van der Waals surface area (Å²) in [5.74, 6) is 2.79. The van der Waals surface area contributed by atoms with Crippen molar-refractivity contribution in [2.45, 2.75) is 26.4 Å². The highest BCUT2D eigenvalue weighted by molar-refractivity contribution is 7.71. The number of benzene rings is 1. The number of aromatic amines is 1. The molecule has 1 aromatic carbocycles. The molecular formula is C16H18N2O2S. The van der Waals surface area contributed by atoms with Gasteiger partial charge in [-0.05, 0) is 30.5 Å². The van der Waals surface area contributed by atoms with Crippen LogP contribution in [-0.2, 0) is 6.42 Å². The van der Waals surface area contributed by atoms with Crippen molar-refractivity contribution in [3.63, 3.8) is 0 Å². The van der Waals surface area contributed by atoms with E-state index in [9.17, 15) is 0 Å². The van der Waals surface area contributed by atoms with Crippen molar-refractivity contribution in [1.29, 1.82) is 0 Å². The summed E-state index contributed by atoms with van der Waals surface area (Å²) in [5.41, 5.74) is 1.09. The Morgan fingerprint density at radius 2 is 2.10 bits per heavy atom. The number of rotatable bonds is 3. The Kier molecular flexibility index (Phi) is 3.92. The molecule has 0 saturated heterocycles. The van der Waals surface area contributed by atoms with Gasteiger partial charge in [-0.15, -0.1) is 0 Å². The largest absolute Gasteiger partial charge is 0.485 e. The lowest BCUT2D eigenvalue weighted by atomic mass is 10.1. The Hall–Kier alpha value is -1.88. The summed E-state index contributed by atoms with van der Waals surface area (Å²) in [7, 11) is 0. The number of aromatic nitrogens is 2. The molecule has 0 saturated carbocycles. The summed E-state index contributed by atoms with van der Waals surface area (Å²) >= 11 is 5.26. The molecule has 1 N–H and O–H groups in total. The Balaban J connectivity index is 1.88. The van der Waals surface area contributed by atoms with E-state index in [1.807, 2.05) is 30.3 Å². The van der Waals surface area contributed by atoms with Gasteiger partial charge in [0.05, 0.1) is 0 Å². The van der Waals surface area contributed by atoms with E-state index in [-0.39, 0.29) is 6.10 Å². The summed E-state index contributed by atoms with van der Waals surface area (Å²) in [5, 5.41) is 0. The van der Waals surface area contributed by atoms with Gasteiger partial charge in [0.25, 0.3) is 0 Å². The number of hydrogen-bond acceptors (Lipinski definition) is 4. The molecule has 0 radical (unpaired) electrons. The number of hydrogen-bond donors (Lipinski definition) is 1. The molecule has 0 aliphatic carbocycles. The van der Waals surface area contributed by atoms with Crippen LogP contribution in [0.15, 0.2) is 30.3 Å². The van der Waals surface area contributed by atoms with E-state index in [1.165, 1.54) is 0 Å². The van der Waals surface area contributed by atoms with Crippen LogP contribution in [0.5, 0.6) is 11.5 Å². The zero-order chi connectivity index (χ0) is 14.8. The van der Waals surface area contributed by atoms with Crippen LogP contribution >= 0.6 is 12.2 Å². The molecule has 2 heterocycles. The highest BCUT2D eigenvalue weighted by Gasteiger charge is 2.24. The van der Waals surface area contributed by atoms with E-state index >= 15 is 0 Å². The monoisotopic (exact) mass is 302 g/mol. The van der Waals surface area contributed by atoms with Gasteiger partial charge in [-0.1, -0.05) is 38.2 Å². The number of ether oxygens (including phenoxy) is 2. The molecule has 5 heteroatoms. The smallest absolute Gasteiger partial charge is 0.190 e. The first-order valence-electron chi connectivity index (χ1n) is 7.10. The number of H-pyrrole nitrogens is 1. The predicted molar refractivity (Wildman–Crippen MR) is 83.3 cm³/mol. The summed E-state index contributed by atoms with van der Waals surface area (Å²) in [6, 6.07) is 9.56. The Morgan fingerprint density at radius 3 is 2.86 bits per heavy atom. The summed E-state index contributed by atoms with van der Waals surface area (Å²) in [6.45, 7) is 4.78. The first-order chi connectivity index (χ1) is 10.1. The van der Waals surface area contributed by atoms with Gasteiger partial charge in [0.1, 0.15) is 11.2 Å². The maximum atomic E-state index is 5.97. The van der Waals surface area contributed by atoms with Crippen LogP contribution in [0.3, 0.4) is 0 Å². The second kappa shape index (κ2) is 5.85. The highest BCUT2D eigenvalue weighted by atomic mass is 32.1. The molecule has 1 unspecified atom stereocenters. The summed E-state index contributed by atoms with van der Waals surface area (Å²) < 4.78 is 12.3. The summed E-state index contributed by atoms with van der Waals surface area (Å²) in [4.78, 5) is 7.73. The number of nitrogens with zero attached hydrogens (tertiary/aromatic N) is 1. The Morgan fingerprint density at radius 1 is 1.33 bits per heavy atom. The molecule has 0 bridgehead atoms. The van der Waals surface area contributed by atoms with Crippen molar-refractivity contribution >= 4 is 12.2 Å². The molecule has 0 fully saturated rings. The minimum Gasteiger partial charge on any atom is -0.485 e. The van der Waals surface area contributed by atoms with Gasteiger partial charge in [-0.2, -0.15) is 0 Å². The minimum absolute atomic E-state index is 0.256. The van der Waals surface area contributed by atoms with E-state index in [4.69, 9.17) is 21.7 Å². The van der Waals surface area contributed by atoms with Crippen molar-refractivity contribution in [2.75, 3.05) is 6.61 Å². The zero-order valence-electron chi connectivity index (χ0n) is 12.1. The second-order valence-corrected chi connectivity index (χ2v) is 6.01. The molecule has 1 aliphatic rings. The van der Waals surface area contributed by atoms with Gasteiger partial charge in [0.15, 0.2) is 23.4 Å². The Labute approximate surface area is 129 Å². The predicted octanol–water partition coefficient (Wildman–Crippen LogP) is 3.85. The SMILES string of the molecule is CC(C)Cc1cc(=S)nc(C2COc3ccccc3O2)[nH]1. The maximum Gasteiger partial charge on any atom is 0.190 e. The Bertz CT molecular complexity index is 697. The standard InChI is InChI=1S/C16H18N2O2S/c1-10(2)7-11-8-15(21)18-16(17-11)14-9-19-12-5-3-4-6-13(12)20-14/h3-6,8,10,14H,7,9H2,1-2H3,(H,17,18,21). The average molecular weight is 302 g/mol. The fraction of sp³-hybridized carbons (Fsp3) is 0.375. The first-order valence-corrected chi connectivity index (χ1v) is 7.51. The quantitative estimate of drug-likeness (QED) is 0.875. The van der Waals surface area contributed by atoms with E-state index in [2.05, 4.69) is 23.8 Å². The third kappa shape index (κ3) is 3.24. The van der Waals surface area contributed by atoms with Crippen molar-refractivity contribution in [3.05, 3.63) is 46.5 Å². The zero-order valence-corrected chi connectivity index (χ0v) is 12.9. The van der Waals surface area contributed by atoms with Crippen molar-refractivity contribution in [2.24, 2.45) is 5.92 Å². The molecule has 4 nitrogen and oxygen atoms in total. The molecule has 1 aromatic heterocycles. The van der Waals surface area contributed by atoms with Crippen LogP contribution in [-0.4, -0.2) is 16.6 Å². The molecular weight excluding hydrogens is 284 g/mol. The van der Waals surface area contributed by atoms with Gasteiger partial charge in [0.2, 0.25) is 0 Å². The van der Waals surface area contributed by atoms with Gasteiger partial charge < -0.3 is 14.5 Å². The molecule has 0 spiro atoms. The van der Waals surface area contributed by atoms with Crippen LogP contribution < -0.4 is 9.47 Å². The minimum atomic E-state index is -0.256. The molecule has 21 heavy (non-hydrogen) atoms. The average Bonchev–Trinajstić information content (AvgIpc) is 2.45. The molecule has 1 atom stereocenters. The topological polar surface area (TPSA) is 47.1 Å². The highest BCUT2D eigenvalue weighted by Crippen LogP contribution is 2.34. The van der Waals surface area contributed by atoms with Crippen LogP contribution in [0.25, 0.3) is 0 Å². The number of nitrogens with one attached hydrogen (secondary N) is 1. The van der Waals surface area contributed by atoms with E-state index in [1.54, 1.807) is 0 Å². The second-order valence-electron chi connectivity index (χ2n) is 5.59. The third-order valence-corrected chi connectivity index (χ3v) is 3.47. The first kappa shape index (κ1) is 14.1. The molecule has 1 aliphatic heterocycles. The van der Waals surface area contributed by atoms with E-state index in [0.717, 1.165) is 29.4 Å². The van der Waals surface area contributed by atoms with Crippen LogP contribution in [0.1, 0.15) is 31.5 Å². The van der Waals surface area contributed by atoms with Crippen molar-refractivity contribution < 1.29 is 9.47 Å². The van der Waals surface area contributed by atoms with Gasteiger partial charge in [-0.25, -0.2) is 4.98 Å². The number of para-hydroxylation sites is 2. The molecule has 3 rings (SSSR count). The molecule has 2 aromatic rings. The summed E-state index contributed by atoms with van der Waals surface area (Å²) in [6.07, 6.45) is 0.678. The lowest BCUT2D eigenvalue weighted by Crippen LogP contribution is -2.24. The van der Waals surface area contributed by atoms with Gasteiger partial charge >= 0.3 is 0 Å². The number of fused-ring (bicyclic) bond motifs is 1. The van der Waals surface area contributed by atoms with E-state index < -0.39 is 0 Å². The molecule has 0 amide bonds. The van der Waals surface area contributed by atoms with Crippen molar-refractivity contribution in [3.8, 4) is 11.5 Å². The van der Waals surface area contributed by atoms with Crippen LogP contribution in [0.4, 0.5) is 0 Å². The fourth-order valence-corrected chi connectivity index (χ4v) is 2.63. The molecule has 110 valence electrons. The third-order valence-electron chi connectivity index (χ3n) is 3.26. The van der Waals surface area contributed by atoms with Crippen LogP contribution in [0.2, 0.25) is 0 Å². The van der Waals surface area contributed by atoms with Gasteiger partial charge in [-0.3, -0.25) is 0 Å². The van der Waals surface area contributed by atoms with Crippen LogP contribution in [0, 0.1) is 10.6 Å². The normalized spacial score (nSPS) is 17.0. The lowest BCUT2D eigenvalue weighted by molar-refractivity contribution is 0.0848. The fourth-order valence-electron chi connectivity index (χ4n) is 2.39. The van der Waals surface area contributed by atoms with Crippen molar-refractivity contribution in [1.82, 2.24) is 9.97 Å². The van der Waals surface area contributed by atoms with E-state index in [0.29, 0.717) is 17.2 Å². The van der Waals surface area contributed by atoms with Gasteiger partial charge in [0, 0.05) is 5.69 Å².